The molecule has 0 unspecified atom stereocenters. The van der Waals surface area contributed by atoms with Gasteiger partial charge in [0.15, 0.2) is 6.29 Å². The van der Waals surface area contributed by atoms with Crippen LogP contribution in [0.3, 0.4) is 0 Å². The number of allylic oxidation sites excluding steroid dienone is 1. The summed E-state index contributed by atoms with van der Waals surface area (Å²) in [6, 6.07) is 14.4. The zero-order chi connectivity index (χ0) is 18.7. The van der Waals surface area contributed by atoms with Gasteiger partial charge in [-0.25, -0.2) is 4.79 Å². The summed E-state index contributed by atoms with van der Waals surface area (Å²) >= 11 is 0. The summed E-state index contributed by atoms with van der Waals surface area (Å²) in [5.41, 5.74) is 3.83. The van der Waals surface area contributed by atoms with Crippen molar-refractivity contribution < 1.29 is 14.7 Å². The first-order valence-electron chi connectivity index (χ1n) is 8.81. The number of fused-ring (bicyclic) bond motifs is 1. The second kappa shape index (κ2) is 7.16. The van der Waals surface area contributed by atoms with E-state index in [-0.39, 0.29) is 0 Å². The minimum Gasteiger partial charge on any atom is -0.465 e. The highest BCUT2D eigenvalue weighted by Crippen LogP contribution is 2.33. The number of hydrogen-bond donors (Lipinski definition) is 2. The largest absolute Gasteiger partial charge is 0.465 e. The van der Waals surface area contributed by atoms with Crippen molar-refractivity contribution in [1.29, 1.82) is 0 Å². The Kier molecular flexibility index (Phi) is 4.94. The van der Waals surface area contributed by atoms with E-state index in [1.54, 1.807) is 6.08 Å². The molecule has 0 fully saturated rings. The van der Waals surface area contributed by atoms with Gasteiger partial charge in [0.25, 0.3) is 0 Å². The molecule has 2 N–H and O–H groups in total. The Morgan fingerprint density at radius 2 is 1.88 bits per heavy atom. The highest BCUT2D eigenvalue weighted by Gasteiger charge is 2.35. The Labute approximate surface area is 153 Å². The van der Waals surface area contributed by atoms with E-state index in [0.29, 0.717) is 24.2 Å². The molecule has 4 nitrogen and oxygen atoms in total. The van der Waals surface area contributed by atoms with Gasteiger partial charge in [0.05, 0.1) is 0 Å². The second-order valence-corrected chi connectivity index (χ2v) is 7.19. The number of rotatable bonds is 5. The van der Waals surface area contributed by atoms with Crippen molar-refractivity contribution in [2.24, 2.45) is 5.92 Å². The Morgan fingerprint density at radius 3 is 2.50 bits per heavy atom. The number of carbonyl (C=O) groups is 2. The average molecular weight is 349 g/mol. The van der Waals surface area contributed by atoms with Crippen LogP contribution in [0.2, 0.25) is 0 Å². The van der Waals surface area contributed by atoms with E-state index in [0.717, 1.165) is 23.1 Å². The highest BCUT2D eigenvalue weighted by molar-refractivity contribution is 5.81. The molecule has 0 spiro atoms. The van der Waals surface area contributed by atoms with Gasteiger partial charge in [-0.3, -0.25) is 4.79 Å². The SMILES string of the molecule is CC(C)Cc1ccc(-c2ccc3c(c2)CC=C[C@]3(C=O)NC(=O)O)cc1. The fourth-order valence-electron chi connectivity index (χ4n) is 3.53. The van der Waals surface area contributed by atoms with Crippen LogP contribution in [0.25, 0.3) is 11.1 Å². The minimum absolute atomic E-state index is 0.620. The van der Waals surface area contributed by atoms with Crippen LogP contribution in [-0.2, 0) is 23.2 Å². The molecule has 0 aromatic heterocycles. The molecule has 26 heavy (non-hydrogen) atoms. The first kappa shape index (κ1) is 17.9. The zero-order valence-electron chi connectivity index (χ0n) is 15.0. The number of nitrogens with one attached hydrogen (secondary N) is 1. The molecule has 4 heteroatoms. The molecule has 1 aliphatic carbocycles. The van der Waals surface area contributed by atoms with Crippen molar-refractivity contribution in [3.63, 3.8) is 0 Å². The van der Waals surface area contributed by atoms with Gasteiger partial charge in [-0.05, 0) is 46.6 Å². The molecule has 0 heterocycles. The number of aldehydes is 1. The normalized spacial score (nSPS) is 18.4. The fraction of sp³-hybridized carbons (Fsp3) is 0.273. The molecule has 134 valence electrons. The van der Waals surface area contributed by atoms with Crippen LogP contribution >= 0.6 is 0 Å². The topological polar surface area (TPSA) is 66.4 Å². The van der Waals surface area contributed by atoms with Gasteiger partial charge < -0.3 is 10.4 Å². The number of carboxylic acid groups (broad SMARTS) is 1. The number of benzene rings is 2. The van der Waals surface area contributed by atoms with Crippen LogP contribution in [0.5, 0.6) is 0 Å². The molecule has 1 aliphatic rings. The Morgan fingerprint density at radius 1 is 1.19 bits per heavy atom. The van der Waals surface area contributed by atoms with E-state index in [1.165, 1.54) is 5.56 Å². The predicted octanol–water partition coefficient (Wildman–Crippen LogP) is 4.33. The summed E-state index contributed by atoms with van der Waals surface area (Å²) in [5.74, 6) is 0.620. The first-order valence-corrected chi connectivity index (χ1v) is 8.81. The summed E-state index contributed by atoms with van der Waals surface area (Å²) in [6.07, 6.45) is 4.61. The minimum atomic E-state index is -1.31. The third-order valence-electron chi connectivity index (χ3n) is 4.70. The zero-order valence-corrected chi connectivity index (χ0v) is 15.0. The smallest absolute Gasteiger partial charge is 0.405 e. The monoisotopic (exact) mass is 349 g/mol. The molecule has 3 rings (SSSR count). The quantitative estimate of drug-likeness (QED) is 0.624. The van der Waals surface area contributed by atoms with E-state index in [9.17, 15) is 9.59 Å². The van der Waals surface area contributed by atoms with E-state index >= 15 is 0 Å². The summed E-state index contributed by atoms with van der Waals surface area (Å²) in [4.78, 5) is 22.8. The Hall–Kier alpha value is -2.88. The fourth-order valence-corrected chi connectivity index (χ4v) is 3.53. The second-order valence-electron chi connectivity index (χ2n) is 7.19. The maximum Gasteiger partial charge on any atom is 0.405 e. The lowest BCUT2D eigenvalue weighted by atomic mass is 9.81. The van der Waals surface area contributed by atoms with Crippen molar-refractivity contribution in [2.75, 3.05) is 0 Å². The summed E-state index contributed by atoms with van der Waals surface area (Å²) in [6.45, 7) is 4.41. The van der Waals surface area contributed by atoms with Crippen LogP contribution in [0, 0.1) is 5.92 Å². The van der Waals surface area contributed by atoms with Gasteiger partial charge in [-0.1, -0.05) is 68.5 Å². The van der Waals surface area contributed by atoms with Crippen molar-refractivity contribution >= 4 is 12.4 Å². The molecule has 0 aliphatic heterocycles. The molecule has 0 bridgehead atoms. The van der Waals surface area contributed by atoms with E-state index in [2.05, 4.69) is 43.4 Å². The standard InChI is InChI=1S/C22H23NO3/c1-15(2)12-16-5-7-17(8-6-16)18-9-10-20-19(13-18)4-3-11-22(20,14-24)23-21(25)26/h3,5-11,13-15,23H,4,12H2,1-2H3,(H,25,26)/t22-/m1/s1. The molecule has 1 amide bonds. The first-order chi connectivity index (χ1) is 12.4. The lowest BCUT2D eigenvalue weighted by molar-refractivity contribution is -0.112. The molecular formula is C22H23NO3. The van der Waals surface area contributed by atoms with Gasteiger partial charge in [-0.2, -0.15) is 0 Å². The average Bonchev–Trinajstić information content (AvgIpc) is 2.61. The third kappa shape index (κ3) is 3.54. The Balaban J connectivity index is 1.94. The van der Waals surface area contributed by atoms with Gasteiger partial charge >= 0.3 is 6.09 Å². The summed E-state index contributed by atoms with van der Waals surface area (Å²) in [5, 5.41) is 11.5. The predicted molar refractivity (Wildman–Crippen MR) is 102 cm³/mol. The van der Waals surface area contributed by atoms with E-state index < -0.39 is 11.6 Å². The highest BCUT2D eigenvalue weighted by atomic mass is 16.4. The van der Waals surface area contributed by atoms with Gasteiger partial charge in [0.2, 0.25) is 0 Å². The Bertz CT molecular complexity index is 852. The molecule has 0 saturated heterocycles. The van der Waals surface area contributed by atoms with E-state index in [1.807, 2.05) is 24.3 Å². The number of hydrogen-bond acceptors (Lipinski definition) is 2. The maximum absolute atomic E-state index is 11.7. The third-order valence-corrected chi connectivity index (χ3v) is 4.70. The molecular weight excluding hydrogens is 326 g/mol. The number of amides is 1. The molecule has 0 radical (unpaired) electrons. The lowest BCUT2D eigenvalue weighted by Gasteiger charge is -2.30. The van der Waals surface area contributed by atoms with Crippen LogP contribution in [0.4, 0.5) is 4.79 Å². The molecule has 2 aromatic carbocycles. The van der Waals surface area contributed by atoms with Gasteiger partial charge in [0.1, 0.15) is 5.54 Å². The van der Waals surface area contributed by atoms with Crippen LogP contribution in [-0.4, -0.2) is 17.5 Å². The van der Waals surface area contributed by atoms with Crippen LogP contribution in [0.1, 0.15) is 30.5 Å². The van der Waals surface area contributed by atoms with E-state index in [4.69, 9.17) is 5.11 Å². The van der Waals surface area contributed by atoms with Crippen molar-refractivity contribution in [3.05, 3.63) is 71.3 Å². The summed E-state index contributed by atoms with van der Waals surface area (Å²) in [7, 11) is 0. The van der Waals surface area contributed by atoms with Crippen molar-refractivity contribution in [3.8, 4) is 11.1 Å². The summed E-state index contributed by atoms with van der Waals surface area (Å²) < 4.78 is 0. The lowest BCUT2D eigenvalue weighted by Crippen LogP contribution is -2.46. The molecule has 2 aromatic rings. The van der Waals surface area contributed by atoms with Crippen molar-refractivity contribution in [1.82, 2.24) is 5.32 Å². The van der Waals surface area contributed by atoms with Gasteiger partial charge in [0, 0.05) is 0 Å². The maximum atomic E-state index is 11.7. The number of carbonyl (C=O) groups excluding carboxylic acids is 1. The van der Waals surface area contributed by atoms with Crippen molar-refractivity contribution in [2.45, 2.75) is 32.2 Å². The molecule has 0 saturated carbocycles. The van der Waals surface area contributed by atoms with Crippen LogP contribution in [0.15, 0.2) is 54.6 Å². The van der Waals surface area contributed by atoms with Gasteiger partial charge in [-0.15, -0.1) is 0 Å². The van der Waals surface area contributed by atoms with Crippen LogP contribution < -0.4 is 5.32 Å². The molecule has 1 atom stereocenters.